The van der Waals surface area contributed by atoms with Gasteiger partial charge >= 0.3 is 0 Å². The molecule has 0 aliphatic heterocycles. The van der Waals surface area contributed by atoms with E-state index in [1.54, 1.807) is 0 Å². The van der Waals surface area contributed by atoms with Gasteiger partial charge in [0.1, 0.15) is 4.88 Å². The van der Waals surface area contributed by atoms with Crippen LogP contribution in [0.2, 0.25) is 0 Å². The minimum absolute atomic E-state index is 0.0577. The summed E-state index contributed by atoms with van der Waals surface area (Å²) >= 11 is 1.44. The van der Waals surface area contributed by atoms with Crippen LogP contribution in [-0.2, 0) is 6.42 Å². The summed E-state index contributed by atoms with van der Waals surface area (Å²) in [4.78, 5) is 27.9. The van der Waals surface area contributed by atoms with Crippen molar-refractivity contribution >= 4 is 17.2 Å². The molecule has 1 aliphatic carbocycles. The SMILES string of the molecule is O=C(N[C@H]1CCCc2[nH]c(=O)ccc21)c1sccc1-n1cccc1. The summed E-state index contributed by atoms with van der Waals surface area (Å²) in [7, 11) is 0. The maximum absolute atomic E-state index is 12.8. The third-order valence-corrected chi connectivity index (χ3v) is 5.27. The van der Waals surface area contributed by atoms with Crippen LogP contribution in [0.3, 0.4) is 0 Å². The molecule has 0 spiro atoms. The zero-order chi connectivity index (χ0) is 16.5. The average molecular weight is 339 g/mol. The van der Waals surface area contributed by atoms with Crippen molar-refractivity contribution in [2.45, 2.75) is 25.3 Å². The molecule has 2 N–H and O–H groups in total. The lowest BCUT2D eigenvalue weighted by atomic mass is 9.91. The first-order valence-electron chi connectivity index (χ1n) is 7.96. The van der Waals surface area contributed by atoms with Crippen LogP contribution < -0.4 is 10.9 Å². The minimum Gasteiger partial charge on any atom is -0.344 e. The molecule has 1 atom stereocenters. The van der Waals surface area contributed by atoms with Crippen molar-refractivity contribution in [3.05, 3.63) is 74.6 Å². The van der Waals surface area contributed by atoms with Crippen LogP contribution in [0.4, 0.5) is 0 Å². The normalized spacial score (nSPS) is 16.6. The number of carbonyl (C=O) groups excluding carboxylic acids is 1. The Morgan fingerprint density at radius 2 is 2.08 bits per heavy atom. The van der Waals surface area contributed by atoms with Gasteiger partial charge in [0.05, 0.1) is 11.7 Å². The molecule has 3 aromatic heterocycles. The number of aromatic nitrogens is 2. The van der Waals surface area contributed by atoms with E-state index in [-0.39, 0.29) is 17.5 Å². The maximum Gasteiger partial charge on any atom is 0.263 e. The van der Waals surface area contributed by atoms with E-state index < -0.39 is 0 Å². The quantitative estimate of drug-likeness (QED) is 0.770. The molecular formula is C18H17N3O2S. The summed E-state index contributed by atoms with van der Waals surface area (Å²) in [5.41, 5.74) is 2.76. The second-order valence-corrected chi connectivity index (χ2v) is 6.82. The molecule has 0 saturated carbocycles. The molecule has 6 heteroatoms. The van der Waals surface area contributed by atoms with Crippen LogP contribution in [-0.4, -0.2) is 15.5 Å². The first-order chi connectivity index (χ1) is 11.7. The number of nitrogens with one attached hydrogen (secondary N) is 2. The number of thiophene rings is 1. The van der Waals surface area contributed by atoms with Crippen LogP contribution in [0.1, 0.15) is 39.8 Å². The lowest BCUT2D eigenvalue weighted by Crippen LogP contribution is -2.32. The zero-order valence-corrected chi connectivity index (χ0v) is 13.8. The summed E-state index contributed by atoms with van der Waals surface area (Å²) < 4.78 is 1.94. The molecule has 3 heterocycles. The van der Waals surface area contributed by atoms with Crippen LogP contribution in [0, 0.1) is 0 Å². The smallest absolute Gasteiger partial charge is 0.263 e. The van der Waals surface area contributed by atoms with Gasteiger partial charge in [-0.05, 0) is 54.5 Å². The average Bonchev–Trinajstić information content (AvgIpc) is 3.25. The Balaban J connectivity index is 1.61. The van der Waals surface area contributed by atoms with Crippen LogP contribution >= 0.6 is 11.3 Å². The number of fused-ring (bicyclic) bond motifs is 1. The Morgan fingerprint density at radius 3 is 2.92 bits per heavy atom. The van der Waals surface area contributed by atoms with E-state index in [9.17, 15) is 9.59 Å². The highest BCUT2D eigenvalue weighted by molar-refractivity contribution is 7.12. The molecule has 0 fully saturated rings. The monoisotopic (exact) mass is 339 g/mol. The molecule has 1 aliphatic rings. The molecule has 4 rings (SSSR count). The van der Waals surface area contributed by atoms with Gasteiger partial charge in [-0.1, -0.05) is 0 Å². The fourth-order valence-electron chi connectivity index (χ4n) is 3.24. The third kappa shape index (κ3) is 2.69. The molecule has 3 aromatic rings. The van der Waals surface area contributed by atoms with E-state index in [2.05, 4.69) is 10.3 Å². The van der Waals surface area contributed by atoms with Gasteiger partial charge in [-0.3, -0.25) is 9.59 Å². The highest BCUT2D eigenvalue weighted by atomic mass is 32.1. The summed E-state index contributed by atoms with van der Waals surface area (Å²) in [5.74, 6) is -0.0715. The second-order valence-electron chi connectivity index (χ2n) is 5.90. The van der Waals surface area contributed by atoms with Crippen LogP contribution in [0.5, 0.6) is 0 Å². The maximum atomic E-state index is 12.8. The number of nitrogens with zero attached hydrogens (tertiary/aromatic N) is 1. The van der Waals surface area contributed by atoms with Gasteiger partial charge in [0.25, 0.3) is 5.91 Å². The highest BCUT2D eigenvalue weighted by Crippen LogP contribution is 2.29. The summed E-state index contributed by atoms with van der Waals surface area (Å²) in [6.45, 7) is 0. The predicted octanol–water partition coefficient (Wildman–Crippen LogP) is 3.03. The molecule has 1 amide bonds. The first-order valence-corrected chi connectivity index (χ1v) is 8.84. The van der Waals surface area contributed by atoms with E-state index in [0.717, 1.165) is 36.2 Å². The summed E-state index contributed by atoms with van der Waals surface area (Å²) in [6.07, 6.45) is 6.55. The van der Waals surface area contributed by atoms with Crippen molar-refractivity contribution in [3.63, 3.8) is 0 Å². The van der Waals surface area contributed by atoms with Crippen molar-refractivity contribution in [2.24, 2.45) is 0 Å². The number of pyridine rings is 1. The topological polar surface area (TPSA) is 66.9 Å². The molecule has 0 aromatic carbocycles. The van der Waals surface area contributed by atoms with Crippen molar-refractivity contribution in [1.82, 2.24) is 14.9 Å². The largest absolute Gasteiger partial charge is 0.344 e. The van der Waals surface area contributed by atoms with Crippen molar-refractivity contribution in [1.29, 1.82) is 0 Å². The Hall–Kier alpha value is -2.60. The molecule has 0 saturated heterocycles. The lowest BCUT2D eigenvalue weighted by Gasteiger charge is -2.25. The Labute approximate surface area is 143 Å². The predicted molar refractivity (Wildman–Crippen MR) is 93.9 cm³/mol. The Kier molecular flexibility index (Phi) is 3.82. The number of hydrogen-bond donors (Lipinski definition) is 2. The van der Waals surface area contributed by atoms with Gasteiger partial charge < -0.3 is 14.9 Å². The number of rotatable bonds is 3. The number of aromatic amines is 1. The Morgan fingerprint density at radius 1 is 1.25 bits per heavy atom. The molecular weight excluding hydrogens is 322 g/mol. The zero-order valence-electron chi connectivity index (χ0n) is 13.0. The summed E-state index contributed by atoms with van der Waals surface area (Å²) in [5, 5.41) is 5.06. The standard InChI is InChI=1S/C18H17N3O2S/c22-16-7-6-12-13(19-16)4-3-5-14(12)20-18(23)17-15(8-11-24-17)21-9-1-2-10-21/h1-2,6-11,14H,3-5H2,(H,19,22)(H,20,23)/t14-/m0/s1. The number of H-pyrrole nitrogens is 1. The van der Waals surface area contributed by atoms with E-state index in [0.29, 0.717) is 4.88 Å². The number of hydrogen-bond acceptors (Lipinski definition) is 3. The number of amides is 1. The number of carbonyl (C=O) groups is 1. The Bertz CT molecular complexity index is 924. The second kappa shape index (κ2) is 6.13. The molecule has 0 bridgehead atoms. The van der Waals surface area contributed by atoms with Gasteiger partial charge in [-0.25, -0.2) is 0 Å². The van der Waals surface area contributed by atoms with E-state index >= 15 is 0 Å². The first kappa shape index (κ1) is 15.0. The van der Waals surface area contributed by atoms with E-state index in [4.69, 9.17) is 0 Å². The van der Waals surface area contributed by atoms with E-state index in [1.165, 1.54) is 17.4 Å². The summed E-state index contributed by atoms with van der Waals surface area (Å²) in [6, 6.07) is 9.13. The van der Waals surface area contributed by atoms with Gasteiger partial charge in [0, 0.05) is 24.2 Å². The fourth-order valence-corrected chi connectivity index (χ4v) is 4.04. The third-order valence-electron chi connectivity index (χ3n) is 4.37. The number of aryl methyl sites for hydroxylation is 1. The molecule has 24 heavy (non-hydrogen) atoms. The van der Waals surface area contributed by atoms with Gasteiger partial charge in [0.2, 0.25) is 5.56 Å². The van der Waals surface area contributed by atoms with Crippen LogP contribution in [0.25, 0.3) is 5.69 Å². The lowest BCUT2D eigenvalue weighted by molar-refractivity contribution is 0.0936. The van der Waals surface area contributed by atoms with Gasteiger partial charge in [-0.2, -0.15) is 0 Å². The van der Waals surface area contributed by atoms with Gasteiger partial charge in [-0.15, -0.1) is 11.3 Å². The van der Waals surface area contributed by atoms with Crippen molar-refractivity contribution in [2.75, 3.05) is 0 Å². The van der Waals surface area contributed by atoms with Crippen molar-refractivity contribution < 1.29 is 4.79 Å². The van der Waals surface area contributed by atoms with Crippen molar-refractivity contribution in [3.8, 4) is 5.69 Å². The highest BCUT2D eigenvalue weighted by Gasteiger charge is 2.24. The fraction of sp³-hybridized carbons (Fsp3) is 0.222. The van der Waals surface area contributed by atoms with E-state index in [1.807, 2.05) is 46.6 Å². The van der Waals surface area contributed by atoms with Gasteiger partial charge in [0.15, 0.2) is 0 Å². The minimum atomic E-state index is -0.0890. The molecule has 0 unspecified atom stereocenters. The van der Waals surface area contributed by atoms with Crippen LogP contribution in [0.15, 0.2) is 52.9 Å². The molecule has 5 nitrogen and oxygen atoms in total. The molecule has 0 radical (unpaired) electrons. The molecule has 122 valence electrons.